The molecule has 1 aromatic rings. The van der Waals surface area contributed by atoms with E-state index in [2.05, 4.69) is 39.2 Å². The van der Waals surface area contributed by atoms with E-state index >= 15 is 0 Å². The van der Waals surface area contributed by atoms with E-state index in [0.717, 1.165) is 22.1 Å². The summed E-state index contributed by atoms with van der Waals surface area (Å²) in [5.74, 6) is 1.85. The van der Waals surface area contributed by atoms with Crippen LogP contribution < -0.4 is 5.32 Å². The summed E-state index contributed by atoms with van der Waals surface area (Å²) in [5, 5.41) is 3.72. The third kappa shape index (κ3) is 2.24. The molecular formula is C13H17BrN2. The zero-order valence-electron chi connectivity index (χ0n) is 9.54. The molecule has 2 aliphatic carbocycles. The van der Waals surface area contributed by atoms with Crippen molar-refractivity contribution in [2.24, 2.45) is 11.8 Å². The van der Waals surface area contributed by atoms with E-state index in [1.165, 1.54) is 31.4 Å². The average Bonchev–Trinajstić information content (AvgIpc) is 3.11. The predicted octanol–water partition coefficient (Wildman–Crippen LogP) is 3.75. The van der Waals surface area contributed by atoms with Crippen LogP contribution in [0.5, 0.6) is 0 Å². The molecule has 1 N–H and O–H groups in total. The fraction of sp³-hybridized carbons (Fsp3) is 0.615. The summed E-state index contributed by atoms with van der Waals surface area (Å²) >= 11 is 3.41. The zero-order valence-corrected chi connectivity index (χ0v) is 11.1. The van der Waals surface area contributed by atoms with E-state index in [9.17, 15) is 0 Å². The molecule has 2 fully saturated rings. The third-order valence-corrected chi connectivity index (χ3v) is 4.08. The molecule has 0 unspecified atom stereocenters. The standard InChI is InChI=1S/C13H17BrN2/c1-8-11(6-7-12(14)15-8)16-13(9-2-3-9)10-4-5-10/h6-7,9-10,13,16H,2-5H2,1H3. The average molecular weight is 281 g/mol. The first-order chi connectivity index (χ1) is 7.74. The maximum atomic E-state index is 4.44. The minimum Gasteiger partial charge on any atom is -0.380 e. The van der Waals surface area contributed by atoms with Crippen molar-refractivity contribution in [1.29, 1.82) is 0 Å². The molecule has 0 amide bonds. The highest BCUT2D eigenvalue weighted by Crippen LogP contribution is 2.46. The lowest BCUT2D eigenvalue weighted by molar-refractivity contribution is 0.567. The Hall–Kier alpha value is -0.570. The second kappa shape index (κ2) is 4.02. The van der Waals surface area contributed by atoms with Crippen molar-refractivity contribution in [3.05, 3.63) is 22.4 Å². The van der Waals surface area contributed by atoms with E-state index in [-0.39, 0.29) is 0 Å². The minimum absolute atomic E-state index is 0.710. The number of rotatable bonds is 4. The maximum absolute atomic E-state index is 4.44. The Labute approximate surface area is 105 Å². The molecule has 1 heterocycles. The highest BCUT2D eigenvalue weighted by Gasteiger charge is 2.41. The van der Waals surface area contributed by atoms with E-state index in [0.29, 0.717) is 6.04 Å². The predicted molar refractivity (Wildman–Crippen MR) is 69.5 cm³/mol. The van der Waals surface area contributed by atoms with Gasteiger partial charge in [0.25, 0.3) is 0 Å². The van der Waals surface area contributed by atoms with Gasteiger partial charge in [-0.1, -0.05) is 0 Å². The Morgan fingerprint density at radius 3 is 2.38 bits per heavy atom. The van der Waals surface area contributed by atoms with Gasteiger partial charge in [-0.05, 0) is 72.5 Å². The number of aryl methyl sites for hydroxylation is 1. The van der Waals surface area contributed by atoms with E-state index in [1.54, 1.807) is 0 Å². The van der Waals surface area contributed by atoms with Crippen molar-refractivity contribution in [3.63, 3.8) is 0 Å². The first-order valence-electron chi connectivity index (χ1n) is 6.14. The van der Waals surface area contributed by atoms with Gasteiger partial charge in [-0.25, -0.2) is 4.98 Å². The second-order valence-electron chi connectivity index (χ2n) is 5.11. The number of hydrogen-bond donors (Lipinski definition) is 1. The number of aromatic nitrogens is 1. The number of hydrogen-bond acceptors (Lipinski definition) is 2. The molecule has 0 aliphatic heterocycles. The summed E-state index contributed by atoms with van der Waals surface area (Å²) in [5.41, 5.74) is 2.31. The Bertz CT molecular complexity index is 385. The number of anilines is 1. The van der Waals surface area contributed by atoms with Gasteiger partial charge < -0.3 is 5.32 Å². The zero-order chi connectivity index (χ0) is 11.1. The maximum Gasteiger partial charge on any atom is 0.106 e. The summed E-state index contributed by atoms with van der Waals surface area (Å²) in [7, 11) is 0. The molecule has 3 heteroatoms. The molecule has 2 saturated carbocycles. The molecule has 0 bridgehead atoms. The van der Waals surface area contributed by atoms with E-state index in [4.69, 9.17) is 0 Å². The molecule has 0 radical (unpaired) electrons. The number of nitrogens with zero attached hydrogens (tertiary/aromatic N) is 1. The van der Waals surface area contributed by atoms with Gasteiger partial charge in [-0.2, -0.15) is 0 Å². The molecule has 0 atom stereocenters. The summed E-state index contributed by atoms with van der Waals surface area (Å²) < 4.78 is 0.921. The van der Waals surface area contributed by atoms with Crippen LogP contribution in [0.2, 0.25) is 0 Å². The molecule has 0 spiro atoms. The van der Waals surface area contributed by atoms with Crippen LogP contribution in [0.15, 0.2) is 16.7 Å². The molecule has 0 aromatic carbocycles. The number of nitrogens with one attached hydrogen (secondary N) is 1. The van der Waals surface area contributed by atoms with Crippen molar-refractivity contribution in [3.8, 4) is 0 Å². The van der Waals surface area contributed by atoms with E-state index in [1.807, 2.05) is 6.07 Å². The first kappa shape index (κ1) is 10.6. The molecule has 2 nitrogen and oxygen atoms in total. The number of pyridine rings is 1. The molecule has 1 aromatic heterocycles. The Kier molecular flexibility index (Phi) is 2.66. The van der Waals surface area contributed by atoms with Crippen molar-refractivity contribution in [2.75, 3.05) is 5.32 Å². The molecule has 2 aliphatic rings. The Morgan fingerprint density at radius 2 is 1.88 bits per heavy atom. The molecule has 0 saturated heterocycles. The van der Waals surface area contributed by atoms with Crippen LogP contribution in [-0.2, 0) is 0 Å². The summed E-state index contributed by atoms with van der Waals surface area (Å²) in [6, 6.07) is 4.87. The van der Waals surface area contributed by atoms with Crippen molar-refractivity contribution >= 4 is 21.6 Å². The minimum atomic E-state index is 0.710. The van der Waals surface area contributed by atoms with Crippen LogP contribution in [0.1, 0.15) is 31.4 Å². The summed E-state index contributed by atoms with van der Waals surface area (Å²) in [6.07, 6.45) is 5.66. The quantitative estimate of drug-likeness (QED) is 0.850. The Morgan fingerprint density at radius 1 is 1.25 bits per heavy atom. The highest BCUT2D eigenvalue weighted by atomic mass is 79.9. The van der Waals surface area contributed by atoms with Gasteiger partial charge in [0, 0.05) is 6.04 Å². The van der Waals surface area contributed by atoms with E-state index < -0.39 is 0 Å². The largest absolute Gasteiger partial charge is 0.380 e. The van der Waals surface area contributed by atoms with Gasteiger partial charge in [-0.15, -0.1) is 0 Å². The molecule has 86 valence electrons. The summed E-state index contributed by atoms with van der Waals surface area (Å²) in [4.78, 5) is 4.44. The fourth-order valence-corrected chi connectivity index (χ4v) is 2.79. The second-order valence-corrected chi connectivity index (χ2v) is 5.92. The molecule has 3 rings (SSSR count). The highest BCUT2D eigenvalue weighted by molar-refractivity contribution is 9.10. The van der Waals surface area contributed by atoms with Gasteiger partial charge in [0.1, 0.15) is 4.60 Å². The lowest BCUT2D eigenvalue weighted by Crippen LogP contribution is -2.24. The topological polar surface area (TPSA) is 24.9 Å². The van der Waals surface area contributed by atoms with Gasteiger partial charge in [-0.3, -0.25) is 0 Å². The molecule has 16 heavy (non-hydrogen) atoms. The first-order valence-corrected chi connectivity index (χ1v) is 6.93. The van der Waals surface area contributed by atoms with Crippen LogP contribution >= 0.6 is 15.9 Å². The summed E-state index contributed by atoms with van der Waals surface area (Å²) in [6.45, 7) is 2.07. The van der Waals surface area contributed by atoms with Crippen molar-refractivity contribution in [2.45, 2.75) is 38.6 Å². The van der Waals surface area contributed by atoms with Crippen LogP contribution in [0.3, 0.4) is 0 Å². The lowest BCUT2D eigenvalue weighted by Gasteiger charge is -2.20. The van der Waals surface area contributed by atoms with Crippen LogP contribution in [0.4, 0.5) is 5.69 Å². The smallest absolute Gasteiger partial charge is 0.106 e. The van der Waals surface area contributed by atoms with Gasteiger partial charge in [0.2, 0.25) is 0 Å². The molecular weight excluding hydrogens is 264 g/mol. The third-order valence-electron chi connectivity index (χ3n) is 3.63. The fourth-order valence-electron chi connectivity index (χ4n) is 2.39. The van der Waals surface area contributed by atoms with Crippen LogP contribution in [-0.4, -0.2) is 11.0 Å². The number of halogens is 1. The van der Waals surface area contributed by atoms with Gasteiger partial charge >= 0.3 is 0 Å². The van der Waals surface area contributed by atoms with Crippen LogP contribution in [0, 0.1) is 18.8 Å². The monoisotopic (exact) mass is 280 g/mol. The normalized spacial score (nSPS) is 20.2. The van der Waals surface area contributed by atoms with Gasteiger partial charge in [0.05, 0.1) is 11.4 Å². The Balaban J connectivity index is 1.76. The SMILES string of the molecule is Cc1nc(Br)ccc1NC(C1CC1)C1CC1. The van der Waals surface area contributed by atoms with Crippen molar-refractivity contribution in [1.82, 2.24) is 4.98 Å². The van der Waals surface area contributed by atoms with Crippen LogP contribution in [0.25, 0.3) is 0 Å². The lowest BCUT2D eigenvalue weighted by atomic mass is 10.1. The van der Waals surface area contributed by atoms with Gasteiger partial charge in [0.15, 0.2) is 0 Å². The van der Waals surface area contributed by atoms with Crippen molar-refractivity contribution < 1.29 is 0 Å².